The lowest BCUT2D eigenvalue weighted by molar-refractivity contribution is -0.116. The molecule has 2 aromatic rings. The molecule has 2 heterocycles. The Bertz CT molecular complexity index is 689. The molecule has 0 unspecified atom stereocenters. The minimum absolute atomic E-state index is 0.0296. The standard InChI is InChI=1S/C22H29N3O/c1-17(2)14-22(26)24-21-9-8-20(16-23-21)25-12-10-19(11-13-25)15-18-6-4-3-5-7-18/h3-9,16-17,19H,10-15H2,1-2H3,(H,23,24,26). The lowest BCUT2D eigenvalue weighted by Crippen LogP contribution is -2.34. The van der Waals surface area contributed by atoms with E-state index >= 15 is 0 Å². The molecule has 0 spiro atoms. The first-order valence-electron chi connectivity index (χ1n) is 9.65. The van der Waals surface area contributed by atoms with E-state index in [9.17, 15) is 4.79 Å². The maximum absolute atomic E-state index is 11.8. The van der Waals surface area contributed by atoms with Crippen LogP contribution in [0, 0.1) is 11.8 Å². The van der Waals surface area contributed by atoms with Gasteiger partial charge in [-0.3, -0.25) is 4.79 Å². The van der Waals surface area contributed by atoms with Gasteiger partial charge >= 0.3 is 0 Å². The Kier molecular flexibility index (Phi) is 6.26. The molecule has 1 aromatic carbocycles. The Balaban J connectivity index is 1.49. The number of aromatic nitrogens is 1. The third kappa shape index (κ3) is 5.32. The topological polar surface area (TPSA) is 45.2 Å². The summed E-state index contributed by atoms with van der Waals surface area (Å²) in [7, 11) is 0. The third-order valence-corrected chi connectivity index (χ3v) is 4.96. The summed E-state index contributed by atoms with van der Waals surface area (Å²) in [5, 5.41) is 2.87. The van der Waals surface area contributed by atoms with E-state index in [1.165, 1.54) is 24.8 Å². The van der Waals surface area contributed by atoms with Crippen molar-refractivity contribution in [1.29, 1.82) is 0 Å². The fourth-order valence-electron chi connectivity index (χ4n) is 3.55. The molecule has 0 aliphatic carbocycles. The number of rotatable bonds is 6. The molecule has 0 bridgehead atoms. The quantitative estimate of drug-likeness (QED) is 0.832. The first-order valence-corrected chi connectivity index (χ1v) is 9.65. The molecule has 138 valence electrons. The number of benzene rings is 1. The van der Waals surface area contributed by atoms with E-state index in [1.807, 2.05) is 26.1 Å². The Hall–Kier alpha value is -2.36. The number of piperidine rings is 1. The first-order chi connectivity index (χ1) is 12.6. The van der Waals surface area contributed by atoms with Crippen LogP contribution in [-0.4, -0.2) is 24.0 Å². The van der Waals surface area contributed by atoms with Crippen molar-refractivity contribution in [2.75, 3.05) is 23.3 Å². The van der Waals surface area contributed by atoms with Crippen molar-refractivity contribution in [2.24, 2.45) is 11.8 Å². The molecule has 1 N–H and O–H groups in total. The Morgan fingerprint density at radius 2 is 1.88 bits per heavy atom. The fraction of sp³-hybridized carbons (Fsp3) is 0.455. The number of anilines is 2. The van der Waals surface area contributed by atoms with Crippen LogP contribution < -0.4 is 10.2 Å². The molecule has 26 heavy (non-hydrogen) atoms. The van der Waals surface area contributed by atoms with Crippen molar-refractivity contribution in [1.82, 2.24) is 4.98 Å². The van der Waals surface area contributed by atoms with E-state index < -0.39 is 0 Å². The molecule has 0 radical (unpaired) electrons. The number of nitrogens with zero attached hydrogens (tertiary/aromatic N) is 2. The van der Waals surface area contributed by atoms with Gasteiger partial charge in [-0.25, -0.2) is 4.98 Å². The second kappa shape index (κ2) is 8.84. The predicted octanol–water partition coefficient (Wildman–Crippen LogP) is 4.53. The maximum atomic E-state index is 11.8. The predicted molar refractivity (Wildman–Crippen MR) is 107 cm³/mol. The maximum Gasteiger partial charge on any atom is 0.225 e. The van der Waals surface area contributed by atoms with Crippen molar-refractivity contribution in [3.8, 4) is 0 Å². The van der Waals surface area contributed by atoms with Crippen LogP contribution in [0.4, 0.5) is 11.5 Å². The Morgan fingerprint density at radius 1 is 1.15 bits per heavy atom. The van der Waals surface area contributed by atoms with Gasteiger partial charge < -0.3 is 10.2 Å². The lowest BCUT2D eigenvalue weighted by atomic mass is 9.90. The van der Waals surface area contributed by atoms with Crippen molar-refractivity contribution < 1.29 is 4.79 Å². The molecule has 1 amide bonds. The van der Waals surface area contributed by atoms with Crippen molar-refractivity contribution in [2.45, 2.75) is 39.5 Å². The molecule has 1 aliphatic heterocycles. The molecule has 1 fully saturated rings. The molecule has 1 saturated heterocycles. The van der Waals surface area contributed by atoms with Gasteiger partial charge in [0.2, 0.25) is 5.91 Å². The summed E-state index contributed by atoms with van der Waals surface area (Å²) in [6.45, 7) is 6.21. The summed E-state index contributed by atoms with van der Waals surface area (Å²) in [5.41, 5.74) is 2.58. The van der Waals surface area contributed by atoms with Gasteiger partial charge in [0.15, 0.2) is 0 Å². The van der Waals surface area contributed by atoms with Gasteiger partial charge in [0.05, 0.1) is 11.9 Å². The molecule has 4 nitrogen and oxygen atoms in total. The van der Waals surface area contributed by atoms with Gasteiger partial charge in [0.25, 0.3) is 0 Å². The molecule has 0 atom stereocenters. The first kappa shape index (κ1) is 18.4. The van der Waals surface area contributed by atoms with Gasteiger partial charge in [0, 0.05) is 19.5 Å². The van der Waals surface area contributed by atoms with Crippen LogP contribution in [0.1, 0.15) is 38.7 Å². The number of nitrogens with one attached hydrogen (secondary N) is 1. The van der Waals surface area contributed by atoms with Crippen LogP contribution >= 0.6 is 0 Å². The average Bonchev–Trinajstić information content (AvgIpc) is 2.63. The van der Waals surface area contributed by atoms with E-state index in [2.05, 4.69) is 51.6 Å². The minimum Gasteiger partial charge on any atom is -0.370 e. The summed E-state index contributed by atoms with van der Waals surface area (Å²) < 4.78 is 0. The zero-order valence-electron chi connectivity index (χ0n) is 15.8. The average molecular weight is 351 g/mol. The van der Waals surface area contributed by atoms with Crippen molar-refractivity contribution in [3.05, 3.63) is 54.2 Å². The number of pyridine rings is 1. The van der Waals surface area contributed by atoms with Gasteiger partial charge in [-0.15, -0.1) is 0 Å². The molecule has 3 rings (SSSR count). The van der Waals surface area contributed by atoms with Crippen LogP contribution in [0.3, 0.4) is 0 Å². The van der Waals surface area contributed by atoms with E-state index in [0.29, 0.717) is 18.2 Å². The summed E-state index contributed by atoms with van der Waals surface area (Å²) in [4.78, 5) is 18.6. The fourth-order valence-corrected chi connectivity index (χ4v) is 3.55. The van der Waals surface area contributed by atoms with Crippen LogP contribution in [0.5, 0.6) is 0 Å². The van der Waals surface area contributed by atoms with Crippen molar-refractivity contribution in [3.63, 3.8) is 0 Å². The van der Waals surface area contributed by atoms with Crippen LogP contribution in [-0.2, 0) is 11.2 Å². The lowest BCUT2D eigenvalue weighted by Gasteiger charge is -2.33. The number of carbonyl (C=O) groups excluding carboxylic acids is 1. The minimum atomic E-state index is 0.0296. The van der Waals surface area contributed by atoms with Crippen LogP contribution in [0.2, 0.25) is 0 Å². The molecule has 0 saturated carbocycles. The third-order valence-electron chi connectivity index (χ3n) is 4.96. The zero-order valence-corrected chi connectivity index (χ0v) is 15.8. The highest BCUT2D eigenvalue weighted by atomic mass is 16.1. The van der Waals surface area contributed by atoms with E-state index in [1.54, 1.807) is 0 Å². The highest BCUT2D eigenvalue weighted by molar-refractivity contribution is 5.89. The summed E-state index contributed by atoms with van der Waals surface area (Å²) in [5.74, 6) is 1.78. The smallest absolute Gasteiger partial charge is 0.225 e. The largest absolute Gasteiger partial charge is 0.370 e. The molecule has 4 heteroatoms. The van der Waals surface area contributed by atoms with Gasteiger partial charge in [-0.1, -0.05) is 44.2 Å². The van der Waals surface area contributed by atoms with Gasteiger partial charge in [0.1, 0.15) is 5.82 Å². The van der Waals surface area contributed by atoms with Crippen LogP contribution in [0.25, 0.3) is 0 Å². The summed E-state index contributed by atoms with van der Waals surface area (Å²) >= 11 is 0. The monoisotopic (exact) mass is 351 g/mol. The Morgan fingerprint density at radius 3 is 2.50 bits per heavy atom. The zero-order chi connectivity index (χ0) is 18.4. The second-order valence-corrected chi connectivity index (χ2v) is 7.67. The molecular formula is C22H29N3O. The molecule has 1 aliphatic rings. The number of amides is 1. The normalized spacial score (nSPS) is 15.3. The van der Waals surface area contributed by atoms with Crippen LogP contribution in [0.15, 0.2) is 48.7 Å². The highest BCUT2D eigenvalue weighted by Crippen LogP contribution is 2.26. The van der Waals surface area contributed by atoms with E-state index in [4.69, 9.17) is 0 Å². The SMILES string of the molecule is CC(C)CC(=O)Nc1ccc(N2CCC(Cc3ccccc3)CC2)cn1. The second-order valence-electron chi connectivity index (χ2n) is 7.67. The summed E-state index contributed by atoms with van der Waals surface area (Å²) in [6.07, 6.45) is 6.00. The molecular weight excluding hydrogens is 322 g/mol. The van der Waals surface area contributed by atoms with Gasteiger partial charge in [-0.05, 0) is 48.8 Å². The van der Waals surface area contributed by atoms with E-state index in [0.717, 1.165) is 24.7 Å². The molecule has 1 aromatic heterocycles. The van der Waals surface area contributed by atoms with E-state index in [-0.39, 0.29) is 5.91 Å². The number of hydrogen-bond donors (Lipinski definition) is 1. The summed E-state index contributed by atoms with van der Waals surface area (Å²) in [6, 6.07) is 14.7. The van der Waals surface area contributed by atoms with Gasteiger partial charge in [-0.2, -0.15) is 0 Å². The van der Waals surface area contributed by atoms with Crippen molar-refractivity contribution >= 4 is 17.4 Å². The number of hydrogen-bond acceptors (Lipinski definition) is 3. The number of carbonyl (C=O) groups is 1. The highest BCUT2D eigenvalue weighted by Gasteiger charge is 2.20. The Labute approximate surface area is 156 Å².